The van der Waals surface area contributed by atoms with Gasteiger partial charge in [-0.05, 0) is 25.8 Å². The van der Waals surface area contributed by atoms with Gasteiger partial charge in [0, 0.05) is 12.5 Å². The lowest BCUT2D eigenvalue weighted by molar-refractivity contribution is -0.143. The van der Waals surface area contributed by atoms with E-state index in [4.69, 9.17) is 9.84 Å². The van der Waals surface area contributed by atoms with Gasteiger partial charge in [0.05, 0.1) is 12.3 Å². The maximum absolute atomic E-state index is 11.5. The molecule has 0 bridgehead atoms. The predicted molar refractivity (Wildman–Crippen MR) is 77.5 cm³/mol. The topological polar surface area (TPSA) is 133 Å². The van der Waals surface area contributed by atoms with Gasteiger partial charge in [-0.15, -0.1) is 0 Å². The van der Waals surface area contributed by atoms with E-state index >= 15 is 0 Å². The van der Waals surface area contributed by atoms with Gasteiger partial charge in [-0.1, -0.05) is 5.57 Å². The quantitative estimate of drug-likeness (QED) is 0.397. The summed E-state index contributed by atoms with van der Waals surface area (Å²) in [5.41, 5.74) is 0.707. The summed E-state index contributed by atoms with van der Waals surface area (Å²) in [7, 11) is 0. The summed E-state index contributed by atoms with van der Waals surface area (Å²) in [6.45, 7) is 3.62. The zero-order chi connectivity index (χ0) is 17.3. The molecule has 2 heterocycles. The van der Waals surface area contributed by atoms with E-state index in [0.29, 0.717) is 12.1 Å². The number of aliphatic carboxylic acids is 2. The Hall–Kier alpha value is -1.93. The second kappa shape index (κ2) is 6.67. The fourth-order valence-electron chi connectivity index (χ4n) is 3.27. The molecule has 8 heteroatoms. The third-order valence-electron chi connectivity index (χ3n) is 4.66. The van der Waals surface area contributed by atoms with Gasteiger partial charge in [-0.25, -0.2) is 0 Å². The molecule has 8 nitrogen and oxygen atoms in total. The zero-order valence-corrected chi connectivity index (χ0v) is 12.9. The number of carbonyl (C=O) groups is 3. The lowest BCUT2D eigenvalue weighted by Gasteiger charge is -2.22. The maximum atomic E-state index is 11.5. The molecule has 0 aromatic rings. The first kappa shape index (κ1) is 17.4. The molecular weight excluding hydrogens is 306 g/mol. The Morgan fingerprint density at radius 3 is 2.52 bits per heavy atom. The van der Waals surface area contributed by atoms with Crippen LogP contribution in [0.15, 0.2) is 11.6 Å². The lowest BCUT2D eigenvalue weighted by atomic mass is 9.82. The van der Waals surface area contributed by atoms with Crippen molar-refractivity contribution in [2.75, 3.05) is 6.54 Å². The minimum absolute atomic E-state index is 0.275. The van der Waals surface area contributed by atoms with Crippen LogP contribution in [0.1, 0.15) is 20.3 Å². The van der Waals surface area contributed by atoms with E-state index in [1.54, 1.807) is 19.9 Å². The van der Waals surface area contributed by atoms with E-state index < -0.39 is 48.0 Å². The molecule has 6 unspecified atom stereocenters. The Bertz CT molecular complexity index is 544. The van der Waals surface area contributed by atoms with Gasteiger partial charge in [-0.3, -0.25) is 14.4 Å². The highest BCUT2D eigenvalue weighted by atomic mass is 16.6. The van der Waals surface area contributed by atoms with Gasteiger partial charge in [0.1, 0.15) is 18.2 Å². The number of hydrogen-bond acceptors (Lipinski definition) is 6. The first-order valence-corrected chi connectivity index (χ1v) is 7.47. The molecule has 4 N–H and O–H groups in total. The second-order valence-corrected chi connectivity index (χ2v) is 6.18. The Morgan fingerprint density at radius 1 is 1.39 bits per heavy atom. The van der Waals surface area contributed by atoms with Crippen molar-refractivity contribution < 1.29 is 34.4 Å². The fourth-order valence-corrected chi connectivity index (χ4v) is 3.27. The summed E-state index contributed by atoms with van der Waals surface area (Å²) in [6, 6.07) is -0.936. The van der Waals surface area contributed by atoms with Crippen molar-refractivity contribution in [2.45, 2.75) is 38.5 Å². The average Bonchev–Trinajstić information content (AvgIpc) is 2.96. The van der Waals surface area contributed by atoms with Crippen LogP contribution in [0.4, 0.5) is 0 Å². The van der Waals surface area contributed by atoms with Gasteiger partial charge in [0.15, 0.2) is 0 Å². The Kier molecular flexibility index (Phi) is 5.06. The number of aliphatic hydroxyl groups is 1. The van der Waals surface area contributed by atoms with Crippen molar-refractivity contribution in [3.8, 4) is 0 Å². The number of rotatable bonds is 5. The summed E-state index contributed by atoms with van der Waals surface area (Å²) < 4.78 is 5.09. The number of ether oxygens (including phenoxy) is 1. The monoisotopic (exact) mass is 327 g/mol. The number of aliphatic hydroxyl groups excluding tert-OH is 1. The van der Waals surface area contributed by atoms with Crippen LogP contribution in [0.5, 0.6) is 0 Å². The van der Waals surface area contributed by atoms with Gasteiger partial charge < -0.3 is 25.4 Å². The van der Waals surface area contributed by atoms with Crippen LogP contribution in [0.3, 0.4) is 0 Å². The molecule has 0 radical (unpaired) electrons. The first-order chi connectivity index (χ1) is 10.7. The number of carbonyl (C=O) groups excluding carboxylic acids is 1. The Morgan fingerprint density at radius 2 is 2.04 bits per heavy atom. The fraction of sp³-hybridized carbons (Fsp3) is 0.667. The molecule has 0 amide bonds. The molecule has 2 fully saturated rings. The van der Waals surface area contributed by atoms with E-state index in [-0.39, 0.29) is 12.3 Å². The van der Waals surface area contributed by atoms with E-state index in [0.717, 1.165) is 0 Å². The van der Waals surface area contributed by atoms with Gasteiger partial charge in [0.25, 0.3) is 0 Å². The number of hydrogen-bond donors (Lipinski definition) is 4. The Labute approximate surface area is 133 Å². The third kappa shape index (κ3) is 3.53. The SMILES string of the molecule is CC(=CC1OC(=O)C(C)C1O)C1CNC(C(=O)O)C1CC(=O)O. The molecular formula is C15H21NO7. The van der Waals surface area contributed by atoms with Crippen molar-refractivity contribution in [2.24, 2.45) is 17.8 Å². The summed E-state index contributed by atoms with van der Waals surface area (Å²) >= 11 is 0. The number of carboxylic acid groups (broad SMARTS) is 2. The number of cyclic esters (lactones) is 1. The Balaban J connectivity index is 2.18. The largest absolute Gasteiger partial charge is 0.481 e. The van der Waals surface area contributed by atoms with Crippen molar-refractivity contribution in [1.29, 1.82) is 0 Å². The predicted octanol–water partition coefficient (Wildman–Crippen LogP) is -0.381. The molecule has 2 saturated heterocycles. The van der Waals surface area contributed by atoms with Crippen LogP contribution >= 0.6 is 0 Å². The number of esters is 1. The standard InChI is InChI=1S/C15H21NO7/c1-6(3-10-13(19)7(2)15(22)23-10)9-5-16-12(14(20)21)8(9)4-11(17)18/h3,7-10,12-13,16,19H,4-5H2,1-2H3,(H,17,18)(H,20,21). The normalized spacial score (nSPS) is 37.7. The van der Waals surface area contributed by atoms with Crippen LogP contribution in [0, 0.1) is 17.8 Å². The number of nitrogens with one attached hydrogen (secondary N) is 1. The molecule has 0 saturated carbocycles. The maximum Gasteiger partial charge on any atom is 0.321 e. The van der Waals surface area contributed by atoms with Gasteiger partial charge in [-0.2, -0.15) is 0 Å². The van der Waals surface area contributed by atoms with Crippen molar-refractivity contribution in [1.82, 2.24) is 5.32 Å². The molecule has 0 aromatic heterocycles. The minimum Gasteiger partial charge on any atom is -0.481 e. The summed E-state index contributed by atoms with van der Waals surface area (Å²) in [5.74, 6) is -4.17. The highest BCUT2D eigenvalue weighted by Crippen LogP contribution is 2.33. The van der Waals surface area contributed by atoms with Crippen LogP contribution in [-0.2, 0) is 19.1 Å². The van der Waals surface area contributed by atoms with Gasteiger partial charge in [0.2, 0.25) is 0 Å². The number of carboxylic acids is 2. The van der Waals surface area contributed by atoms with E-state index in [1.165, 1.54) is 0 Å². The third-order valence-corrected chi connectivity index (χ3v) is 4.66. The van der Waals surface area contributed by atoms with Crippen molar-refractivity contribution >= 4 is 17.9 Å². The van der Waals surface area contributed by atoms with E-state index in [2.05, 4.69) is 5.32 Å². The molecule has 0 spiro atoms. The molecule has 2 aliphatic rings. The molecule has 2 rings (SSSR count). The molecule has 2 aliphatic heterocycles. The lowest BCUT2D eigenvalue weighted by Crippen LogP contribution is -2.37. The summed E-state index contributed by atoms with van der Waals surface area (Å²) in [6.07, 6.45) is -0.423. The minimum atomic E-state index is -1.09. The molecule has 0 aliphatic carbocycles. The first-order valence-electron chi connectivity index (χ1n) is 7.47. The zero-order valence-electron chi connectivity index (χ0n) is 12.9. The van der Waals surface area contributed by atoms with E-state index in [1.807, 2.05) is 0 Å². The van der Waals surface area contributed by atoms with Crippen molar-refractivity contribution in [3.63, 3.8) is 0 Å². The molecule has 0 aromatic carbocycles. The highest BCUT2D eigenvalue weighted by molar-refractivity contribution is 5.77. The molecule has 6 atom stereocenters. The summed E-state index contributed by atoms with van der Waals surface area (Å²) in [4.78, 5) is 33.8. The van der Waals surface area contributed by atoms with Crippen LogP contribution < -0.4 is 5.32 Å². The smallest absolute Gasteiger partial charge is 0.321 e. The molecule has 128 valence electrons. The van der Waals surface area contributed by atoms with Crippen molar-refractivity contribution in [3.05, 3.63) is 11.6 Å². The summed E-state index contributed by atoms with van der Waals surface area (Å²) in [5, 5.41) is 31.0. The second-order valence-electron chi connectivity index (χ2n) is 6.18. The van der Waals surface area contributed by atoms with Crippen LogP contribution in [-0.4, -0.2) is 58.0 Å². The highest BCUT2D eigenvalue weighted by Gasteiger charge is 2.43. The molecule has 23 heavy (non-hydrogen) atoms. The average molecular weight is 327 g/mol. The van der Waals surface area contributed by atoms with Crippen LogP contribution in [0.2, 0.25) is 0 Å². The van der Waals surface area contributed by atoms with Gasteiger partial charge >= 0.3 is 17.9 Å². The van der Waals surface area contributed by atoms with Crippen LogP contribution in [0.25, 0.3) is 0 Å². The van der Waals surface area contributed by atoms with E-state index in [9.17, 15) is 24.6 Å².